The summed E-state index contributed by atoms with van der Waals surface area (Å²) in [4.78, 5) is 12.9. The molecule has 2 aliphatic rings. The molecule has 3 rings (SSSR count). The first kappa shape index (κ1) is 16.9. The second kappa shape index (κ2) is 5.03. The molecule has 2 nitrogen and oxygen atoms in total. The van der Waals surface area contributed by atoms with Crippen LogP contribution in [0.15, 0.2) is 30.3 Å². The zero-order valence-corrected chi connectivity index (χ0v) is 16.5. The van der Waals surface area contributed by atoms with Crippen LogP contribution in [0.4, 0.5) is 0 Å². The van der Waals surface area contributed by atoms with E-state index in [-0.39, 0.29) is 22.5 Å². The molecule has 23 heavy (non-hydrogen) atoms. The van der Waals surface area contributed by atoms with E-state index in [4.69, 9.17) is 4.43 Å². The predicted molar refractivity (Wildman–Crippen MR) is 97.0 cm³/mol. The fraction of sp³-hybridized carbons (Fsp3) is 0.650. The summed E-state index contributed by atoms with van der Waals surface area (Å²) in [6.45, 7) is 15.6. The van der Waals surface area contributed by atoms with Gasteiger partial charge in [0.05, 0.1) is 6.10 Å². The highest BCUT2D eigenvalue weighted by molar-refractivity contribution is 6.74. The van der Waals surface area contributed by atoms with Crippen molar-refractivity contribution in [3.05, 3.63) is 35.9 Å². The number of ketones is 1. The highest BCUT2D eigenvalue weighted by atomic mass is 28.4. The molecule has 0 amide bonds. The fourth-order valence-electron chi connectivity index (χ4n) is 3.92. The van der Waals surface area contributed by atoms with Crippen LogP contribution in [0, 0.1) is 17.3 Å². The molecule has 0 aliphatic heterocycles. The first-order chi connectivity index (χ1) is 10.5. The Hall–Kier alpha value is -0.933. The summed E-state index contributed by atoms with van der Waals surface area (Å²) in [5.41, 5.74) is 0.950. The van der Waals surface area contributed by atoms with E-state index in [2.05, 4.69) is 72.0 Å². The van der Waals surface area contributed by atoms with Crippen LogP contribution in [-0.4, -0.2) is 20.2 Å². The normalized spacial score (nSPS) is 32.7. The molecule has 0 heterocycles. The summed E-state index contributed by atoms with van der Waals surface area (Å²) in [6, 6.07) is 10.5. The molecule has 2 fully saturated rings. The van der Waals surface area contributed by atoms with Crippen molar-refractivity contribution in [1.29, 1.82) is 0 Å². The third-order valence-electron chi connectivity index (χ3n) is 6.49. The van der Waals surface area contributed by atoms with Crippen LogP contribution in [0.2, 0.25) is 18.1 Å². The van der Waals surface area contributed by atoms with E-state index in [1.54, 1.807) is 0 Å². The minimum absolute atomic E-state index is 0.0612. The maximum Gasteiger partial charge on any atom is 0.192 e. The largest absolute Gasteiger partial charge is 0.413 e. The van der Waals surface area contributed by atoms with Gasteiger partial charge in [-0.05, 0) is 29.6 Å². The lowest BCUT2D eigenvalue weighted by molar-refractivity contribution is -0.129. The van der Waals surface area contributed by atoms with Crippen molar-refractivity contribution in [1.82, 2.24) is 0 Å². The van der Waals surface area contributed by atoms with E-state index in [9.17, 15) is 4.79 Å². The van der Waals surface area contributed by atoms with Crippen LogP contribution in [-0.2, 0) is 9.22 Å². The maximum absolute atomic E-state index is 12.9. The molecule has 0 bridgehead atoms. The summed E-state index contributed by atoms with van der Waals surface area (Å²) in [7, 11) is -1.89. The van der Waals surface area contributed by atoms with E-state index in [0.717, 1.165) is 0 Å². The Morgan fingerprint density at radius 2 is 1.61 bits per heavy atom. The number of hydrogen-bond donors (Lipinski definition) is 0. The number of carbonyl (C=O) groups is 1. The van der Waals surface area contributed by atoms with Gasteiger partial charge in [-0.1, -0.05) is 65.0 Å². The zero-order valence-electron chi connectivity index (χ0n) is 15.5. The van der Waals surface area contributed by atoms with Gasteiger partial charge in [-0.25, -0.2) is 0 Å². The molecule has 126 valence electrons. The molecule has 0 aromatic heterocycles. The summed E-state index contributed by atoms with van der Waals surface area (Å²) in [6.07, 6.45) is 0.0612. The van der Waals surface area contributed by atoms with E-state index >= 15 is 0 Å². The van der Waals surface area contributed by atoms with Crippen LogP contribution >= 0.6 is 0 Å². The Labute approximate surface area is 141 Å². The topological polar surface area (TPSA) is 26.3 Å². The molecule has 0 unspecified atom stereocenters. The molecule has 4 atom stereocenters. The van der Waals surface area contributed by atoms with Crippen LogP contribution in [0.5, 0.6) is 0 Å². The molecular formula is C20H30O2Si. The minimum Gasteiger partial charge on any atom is -0.413 e. The van der Waals surface area contributed by atoms with Crippen LogP contribution in [0.3, 0.4) is 0 Å². The van der Waals surface area contributed by atoms with Crippen LogP contribution in [0.25, 0.3) is 0 Å². The van der Waals surface area contributed by atoms with Crippen molar-refractivity contribution >= 4 is 14.1 Å². The Morgan fingerprint density at radius 1 is 1.04 bits per heavy atom. The van der Waals surface area contributed by atoms with Gasteiger partial charge < -0.3 is 4.43 Å². The lowest BCUT2D eigenvalue weighted by Gasteiger charge is -2.42. The van der Waals surface area contributed by atoms with Gasteiger partial charge in [0.25, 0.3) is 0 Å². The average Bonchev–Trinajstić information content (AvgIpc) is 3.13. The Kier molecular flexibility index (Phi) is 3.70. The van der Waals surface area contributed by atoms with Gasteiger partial charge in [0, 0.05) is 17.3 Å². The molecule has 3 heteroatoms. The van der Waals surface area contributed by atoms with Gasteiger partial charge in [-0.15, -0.1) is 0 Å². The standard InChI is InChI=1S/C20H30O2Si/c1-19(2,3)23(6,7)22-18-16-14(13-11-9-8-10-12-13)15(16)17(21)20(18,4)5/h8-12,14-16,18H,1-7H3/t14-,15-,16+,18-/m0/s1. The number of fused-ring (bicyclic) bond motifs is 1. The quantitative estimate of drug-likeness (QED) is 0.728. The average molecular weight is 331 g/mol. The lowest BCUT2D eigenvalue weighted by Crippen LogP contribution is -2.49. The van der Waals surface area contributed by atoms with Gasteiger partial charge in [-0.2, -0.15) is 0 Å². The molecule has 2 saturated carbocycles. The molecule has 1 aromatic rings. The smallest absolute Gasteiger partial charge is 0.192 e. The van der Waals surface area contributed by atoms with Gasteiger partial charge in [-0.3, -0.25) is 4.79 Å². The number of benzene rings is 1. The molecule has 0 saturated heterocycles. The molecule has 1 aromatic carbocycles. The molecule has 0 spiro atoms. The highest BCUT2D eigenvalue weighted by Crippen LogP contribution is 2.67. The van der Waals surface area contributed by atoms with Crippen LogP contribution in [0.1, 0.15) is 46.1 Å². The van der Waals surface area contributed by atoms with Gasteiger partial charge in [0.15, 0.2) is 8.32 Å². The predicted octanol–water partition coefficient (Wildman–Crippen LogP) is 5.02. The maximum atomic E-state index is 12.9. The summed E-state index contributed by atoms with van der Waals surface area (Å²) >= 11 is 0. The second-order valence-electron chi connectivity index (χ2n) is 9.42. The van der Waals surface area contributed by atoms with E-state index in [1.165, 1.54) is 5.56 Å². The van der Waals surface area contributed by atoms with Gasteiger partial charge >= 0.3 is 0 Å². The van der Waals surface area contributed by atoms with Crippen molar-refractivity contribution in [2.75, 3.05) is 0 Å². The number of carbonyl (C=O) groups excluding carboxylic acids is 1. The summed E-state index contributed by atoms with van der Waals surface area (Å²) in [5.74, 6) is 1.31. The van der Waals surface area contributed by atoms with Crippen molar-refractivity contribution in [2.24, 2.45) is 17.3 Å². The number of hydrogen-bond acceptors (Lipinski definition) is 2. The number of rotatable bonds is 3. The third kappa shape index (κ3) is 2.53. The van der Waals surface area contributed by atoms with Gasteiger partial charge in [0.2, 0.25) is 0 Å². The van der Waals surface area contributed by atoms with Gasteiger partial charge in [0.1, 0.15) is 5.78 Å². The zero-order chi connectivity index (χ0) is 17.2. The lowest BCUT2D eigenvalue weighted by atomic mass is 9.81. The summed E-state index contributed by atoms with van der Waals surface area (Å²) < 4.78 is 6.77. The molecule has 2 aliphatic carbocycles. The molecule has 0 radical (unpaired) electrons. The van der Waals surface area contributed by atoms with Crippen molar-refractivity contribution in [3.63, 3.8) is 0 Å². The molecular weight excluding hydrogens is 300 g/mol. The van der Waals surface area contributed by atoms with Crippen molar-refractivity contribution < 1.29 is 9.22 Å². The monoisotopic (exact) mass is 330 g/mol. The summed E-state index contributed by atoms with van der Waals surface area (Å²) in [5, 5.41) is 0.168. The van der Waals surface area contributed by atoms with E-state index in [0.29, 0.717) is 17.6 Å². The molecule has 0 N–H and O–H groups in total. The Morgan fingerprint density at radius 3 is 2.13 bits per heavy atom. The first-order valence-electron chi connectivity index (χ1n) is 8.75. The van der Waals surface area contributed by atoms with Crippen LogP contribution < -0.4 is 0 Å². The second-order valence-corrected chi connectivity index (χ2v) is 14.2. The third-order valence-corrected chi connectivity index (χ3v) is 10.9. The SMILES string of the molecule is CC1(C)C(=O)[C@H]2[C@H](c3ccccc3)[C@H]2[C@@H]1O[Si](C)(C)C(C)(C)C. The van der Waals surface area contributed by atoms with E-state index < -0.39 is 8.32 Å². The van der Waals surface area contributed by atoms with Crippen molar-refractivity contribution in [2.45, 2.75) is 64.8 Å². The van der Waals surface area contributed by atoms with E-state index in [1.807, 2.05) is 6.07 Å². The minimum atomic E-state index is -1.89. The fourth-order valence-corrected chi connectivity index (χ4v) is 5.36. The Balaban J connectivity index is 1.89. The number of Topliss-reactive ketones (excluding diaryl/α,β-unsaturated/α-hetero) is 1. The Bertz CT molecular complexity index is 612. The highest BCUT2D eigenvalue weighted by Gasteiger charge is 2.71. The van der Waals surface area contributed by atoms with Crippen molar-refractivity contribution in [3.8, 4) is 0 Å². The first-order valence-corrected chi connectivity index (χ1v) is 11.7.